The average molecular weight is 425 g/mol. The zero-order valence-electron chi connectivity index (χ0n) is 18.7. The number of aromatic nitrogens is 5. The number of ether oxygens (including phenoxy) is 2. The van der Waals surface area contributed by atoms with Gasteiger partial charge >= 0.3 is 5.69 Å². The molecule has 3 heterocycles. The van der Waals surface area contributed by atoms with Crippen molar-refractivity contribution in [1.82, 2.24) is 23.1 Å². The van der Waals surface area contributed by atoms with Gasteiger partial charge in [0.15, 0.2) is 11.2 Å². The van der Waals surface area contributed by atoms with Crippen molar-refractivity contribution in [3.05, 3.63) is 56.0 Å². The number of aryl methyl sites for hydroxylation is 3. The second-order valence-corrected chi connectivity index (χ2v) is 7.60. The van der Waals surface area contributed by atoms with Crippen molar-refractivity contribution < 1.29 is 9.47 Å². The zero-order valence-corrected chi connectivity index (χ0v) is 18.7. The minimum absolute atomic E-state index is 0.187. The fourth-order valence-corrected chi connectivity index (χ4v) is 4.01. The van der Waals surface area contributed by atoms with Crippen LogP contribution in [0.15, 0.2) is 27.8 Å². The predicted octanol–water partition coefficient (Wildman–Crippen LogP) is 2.11. The van der Waals surface area contributed by atoms with Gasteiger partial charge in [-0.1, -0.05) is 6.07 Å². The lowest BCUT2D eigenvalue weighted by Gasteiger charge is -2.12. The van der Waals surface area contributed by atoms with Crippen molar-refractivity contribution in [3.8, 4) is 11.4 Å². The molecule has 31 heavy (non-hydrogen) atoms. The van der Waals surface area contributed by atoms with Crippen LogP contribution in [0, 0.1) is 20.8 Å². The highest BCUT2D eigenvalue weighted by Gasteiger charge is 2.24. The van der Waals surface area contributed by atoms with Gasteiger partial charge in [-0.25, -0.2) is 4.79 Å². The number of benzene rings is 1. The van der Waals surface area contributed by atoms with E-state index >= 15 is 0 Å². The molecule has 164 valence electrons. The normalized spacial score (nSPS) is 11.7. The van der Waals surface area contributed by atoms with E-state index in [1.165, 1.54) is 9.13 Å². The second-order valence-electron chi connectivity index (χ2n) is 7.60. The molecule has 0 aliphatic heterocycles. The minimum Gasteiger partial charge on any atom is -0.495 e. The first-order valence-electron chi connectivity index (χ1n) is 10.2. The van der Waals surface area contributed by atoms with Gasteiger partial charge in [0.2, 0.25) is 5.78 Å². The van der Waals surface area contributed by atoms with Crippen LogP contribution in [0.25, 0.3) is 22.6 Å². The van der Waals surface area contributed by atoms with Gasteiger partial charge in [0.25, 0.3) is 5.56 Å². The summed E-state index contributed by atoms with van der Waals surface area (Å²) < 4.78 is 17.4. The van der Waals surface area contributed by atoms with Crippen molar-refractivity contribution >= 4 is 16.9 Å². The van der Waals surface area contributed by atoms with Crippen LogP contribution in [0.2, 0.25) is 0 Å². The first kappa shape index (κ1) is 20.9. The molecule has 0 spiro atoms. The quantitative estimate of drug-likeness (QED) is 0.442. The Morgan fingerprint density at radius 3 is 2.52 bits per heavy atom. The van der Waals surface area contributed by atoms with Crippen LogP contribution in [0.1, 0.15) is 23.9 Å². The van der Waals surface area contributed by atoms with Crippen LogP contribution in [0.3, 0.4) is 0 Å². The number of rotatable bonds is 6. The van der Waals surface area contributed by atoms with Crippen LogP contribution in [0.5, 0.6) is 5.75 Å². The highest BCUT2D eigenvalue weighted by molar-refractivity contribution is 5.77. The van der Waals surface area contributed by atoms with E-state index in [1.807, 2.05) is 54.9 Å². The maximum Gasteiger partial charge on any atom is 0.332 e. The summed E-state index contributed by atoms with van der Waals surface area (Å²) in [5.41, 5.74) is 3.64. The Morgan fingerprint density at radius 1 is 1.10 bits per heavy atom. The molecule has 9 nitrogen and oxygen atoms in total. The van der Waals surface area contributed by atoms with Crippen LogP contribution in [-0.2, 0) is 18.3 Å². The fourth-order valence-electron chi connectivity index (χ4n) is 4.01. The highest BCUT2D eigenvalue weighted by Crippen LogP contribution is 2.30. The Morgan fingerprint density at radius 2 is 1.84 bits per heavy atom. The van der Waals surface area contributed by atoms with Gasteiger partial charge in [-0.3, -0.25) is 22.9 Å². The third-order valence-corrected chi connectivity index (χ3v) is 5.76. The molecule has 0 fully saturated rings. The molecule has 3 aromatic heterocycles. The summed E-state index contributed by atoms with van der Waals surface area (Å²) in [7, 11) is 3.26. The van der Waals surface area contributed by atoms with Crippen molar-refractivity contribution in [3.63, 3.8) is 0 Å². The maximum absolute atomic E-state index is 13.4. The summed E-state index contributed by atoms with van der Waals surface area (Å²) in [5.74, 6) is 1.25. The largest absolute Gasteiger partial charge is 0.495 e. The fraction of sp³-hybridized carbons (Fsp3) is 0.409. The lowest BCUT2D eigenvalue weighted by atomic mass is 10.2. The van der Waals surface area contributed by atoms with Gasteiger partial charge in [-0.15, -0.1) is 0 Å². The summed E-state index contributed by atoms with van der Waals surface area (Å²) in [6, 6.07) is 5.91. The number of nitrogens with zero attached hydrogens (tertiary/aromatic N) is 5. The summed E-state index contributed by atoms with van der Waals surface area (Å²) in [6.45, 7) is 8.80. The van der Waals surface area contributed by atoms with Gasteiger partial charge in [-0.05, 0) is 45.4 Å². The first-order valence-corrected chi connectivity index (χ1v) is 10.2. The summed E-state index contributed by atoms with van der Waals surface area (Å²) in [4.78, 5) is 30.9. The average Bonchev–Trinajstić information content (AvgIpc) is 3.24. The molecule has 0 radical (unpaired) electrons. The number of methoxy groups -OCH3 is 1. The molecule has 0 saturated heterocycles. The Bertz CT molecular complexity index is 1420. The Labute approximate surface area is 179 Å². The topological polar surface area (TPSA) is 84.7 Å². The molecule has 1 aromatic carbocycles. The van der Waals surface area contributed by atoms with Gasteiger partial charge in [0.1, 0.15) is 5.75 Å². The van der Waals surface area contributed by atoms with Gasteiger partial charge in [-0.2, -0.15) is 4.98 Å². The molecule has 0 atom stereocenters. The second kappa shape index (κ2) is 7.73. The minimum atomic E-state index is -0.410. The van der Waals surface area contributed by atoms with Crippen molar-refractivity contribution in [2.24, 2.45) is 7.05 Å². The molecular weight excluding hydrogens is 398 g/mol. The SMILES string of the molecule is CCOCCn1c(=O)c2c(nc3n(-c4cc(C)ccc4OC)c(C)c(C)n23)n(C)c1=O. The van der Waals surface area contributed by atoms with Crippen LogP contribution >= 0.6 is 0 Å². The molecule has 0 amide bonds. The molecular formula is C22H27N5O4. The highest BCUT2D eigenvalue weighted by atomic mass is 16.5. The molecule has 9 heteroatoms. The Kier molecular flexibility index (Phi) is 5.22. The van der Waals surface area contributed by atoms with Crippen molar-refractivity contribution in [2.45, 2.75) is 34.2 Å². The summed E-state index contributed by atoms with van der Waals surface area (Å²) in [6.07, 6.45) is 0. The molecule has 0 unspecified atom stereocenters. The van der Waals surface area contributed by atoms with Crippen molar-refractivity contribution in [2.75, 3.05) is 20.3 Å². The third-order valence-electron chi connectivity index (χ3n) is 5.76. The first-order chi connectivity index (χ1) is 14.8. The number of hydrogen-bond donors (Lipinski definition) is 0. The van der Waals surface area contributed by atoms with Crippen LogP contribution in [-0.4, -0.2) is 43.4 Å². The van der Waals surface area contributed by atoms with Crippen LogP contribution < -0.4 is 16.0 Å². The smallest absolute Gasteiger partial charge is 0.332 e. The van der Waals surface area contributed by atoms with E-state index in [4.69, 9.17) is 14.5 Å². The molecule has 4 rings (SSSR count). The van der Waals surface area contributed by atoms with E-state index in [2.05, 4.69) is 0 Å². The van der Waals surface area contributed by atoms with Crippen molar-refractivity contribution in [1.29, 1.82) is 0 Å². The third kappa shape index (κ3) is 3.07. The summed E-state index contributed by atoms with van der Waals surface area (Å²) in [5, 5.41) is 0. The van der Waals surface area contributed by atoms with Crippen LogP contribution in [0.4, 0.5) is 0 Å². The van der Waals surface area contributed by atoms with Gasteiger partial charge in [0, 0.05) is 25.0 Å². The molecule has 0 aliphatic carbocycles. The zero-order chi connectivity index (χ0) is 22.4. The lowest BCUT2D eigenvalue weighted by Crippen LogP contribution is -2.40. The van der Waals surface area contributed by atoms with Gasteiger partial charge in [0.05, 0.1) is 25.9 Å². The standard InChI is InChI=1S/C22H27N5O4/c1-7-31-11-10-25-20(28)18-19(24(5)22(25)29)23-21-26(14(3)15(4)27(18)21)16-12-13(2)8-9-17(16)30-6/h8-9,12H,7,10-11H2,1-6H3. The number of imidazole rings is 2. The van der Waals surface area contributed by atoms with E-state index in [1.54, 1.807) is 14.2 Å². The Hall–Kier alpha value is -3.33. The predicted molar refractivity (Wildman–Crippen MR) is 119 cm³/mol. The molecule has 0 N–H and O–H groups in total. The maximum atomic E-state index is 13.4. The van der Waals surface area contributed by atoms with E-state index in [0.29, 0.717) is 35.9 Å². The van der Waals surface area contributed by atoms with E-state index in [9.17, 15) is 9.59 Å². The van der Waals surface area contributed by atoms with E-state index in [-0.39, 0.29) is 12.1 Å². The molecule has 0 bridgehead atoms. The summed E-state index contributed by atoms with van der Waals surface area (Å²) >= 11 is 0. The Balaban J connectivity index is 2.10. The lowest BCUT2D eigenvalue weighted by molar-refractivity contribution is 0.137. The van der Waals surface area contributed by atoms with E-state index < -0.39 is 5.69 Å². The number of fused-ring (bicyclic) bond motifs is 3. The van der Waals surface area contributed by atoms with E-state index in [0.717, 1.165) is 22.6 Å². The molecule has 0 aliphatic rings. The molecule has 4 aromatic rings. The van der Waals surface area contributed by atoms with Gasteiger partial charge < -0.3 is 9.47 Å². The monoisotopic (exact) mass is 425 g/mol. The number of hydrogen-bond acceptors (Lipinski definition) is 5. The molecule has 0 saturated carbocycles.